The van der Waals surface area contributed by atoms with E-state index < -0.39 is 6.04 Å². The second kappa shape index (κ2) is 11.9. The van der Waals surface area contributed by atoms with Crippen LogP contribution in [0.3, 0.4) is 0 Å². The van der Waals surface area contributed by atoms with Crippen molar-refractivity contribution in [3.05, 3.63) is 74.7 Å². The van der Waals surface area contributed by atoms with Crippen molar-refractivity contribution in [1.29, 1.82) is 0 Å². The minimum absolute atomic E-state index is 0.0533. The Morgan fingerprint density at radius 2 is 1.82 bits per heavy atom. The highest BCUT2D eigenvalue weighted by Crippen LogP contribution is 2.33. The first-order valence-corrected chi connectivity index (χ1v) is 12.6. The smallest absolute Gasteiger partial charge is 0.261 e. The second-order valence-corrected chi connectivity index (χ2v) is 9.87. The fraction of sp³-hybridized carbons (Fsp3) is 0.308. The average Bonchev–Trinajstić information content (AvgIpc) is 2.79. The van der Waals surface area contributed by atoms with Crippen molar-refractivity contribution in [3.8, 4) is 5.75 Å². The maximum atomic E-state index is 13.4. The Labute approximate surface area is 218 Å². The van der Waals surface area contributed by atoms with E-state index in [1.165, 1.54) is 4.90 Å². The highest BCUT2D eigenvalue weighted by molar-refractivity contribution is 9.10. The molecule has 0 saturated carbocycles. The standard InChI is InChI=1S/C26H27BrCl2N2O3/c1-4-22(26(33)30-16(2)3)31(14-18-9-11-19(28)13-21(18)29)24(32)15-34-23-12-10-17-7-5-6-8-20(17)25(23)27/h5-13,16,22H,4,14-15H2,1-3H3,(H,30,33)/t22-/m1/s1. The fourth-order valence-electron chi connectivity index (χ4n) is 3.68. The van der Waals surface area contributed by atoms with Gasteiger partial charge in [0.05, 0.1) is 4.47 Å². The van der Waals surface area contributed by atoms with E-state index in [-0.39, 0.29) is 31.0 Å². The van der Waals surface area contributed by atoms with E-state index in [4.69, 9.17) is 27.9 Å². The zero-order valence-corrected chi connectivity index (χ0v) is 22.4. The number of nitrogens with zero attached hydrogens (tertiary/aromatic N) is 1. The molecule has 0 aliphatic heterocycles. The number of hydrogen-bond acceptors (Lipinski definition) is 3. The van der Waals surface area contributed by atoms with E-state index in [1.54, 1.807) is 18.2 Å². The van der Waals surface area contributed by atoms with Crippen molar-refractivity contribution in [1.82, 2.24) is 10.2 Å². The molecule has 1 N–H and O–H groups in total. The lowest BCUT2D eigenvalue weighted by molar-refractivity contribution is -0.143. The van der Waals surface area contributed by atoms with Gasteiger partial charge >= 0.3 is 0 Å². The minimum Gasteiger partial charge on any atom is -0.483 e. The summed E-state index contributed by atoms with van der Waals surface area (Å²) in [6.07, 6.45) is 0.440. The molecule has 0 aliphatic carbocycles. The van der Waals surface area contributed by atoms with Gasteiger partial charge in [-0.15, -0.1) is 0 Å². The van der Waals surface area contributed by atoms with Crippen LogP contribution in [0.25, 0.3) is 10.8 Å². The van der Waals surface area contributed by atoms with Crippen LogP contribution >= 0.6 is 39.1 Å². The Balaban J connectivity index is 1.86. The van der Waals surface area contributed by atoms with Crippen LogP contribution in [-0.4, -0.2) is 35.4 Å². The molecule has 180 valence electrons. The summed E-state index contributed by atoms with van der Waals surface area (Å²) in [6.45, 7) is 5.56. The van der Waals surface area contributed by atoms with E-state index in [9.17, 15) is 9.59 Å². The summed E-state index contributed by atoms with van der Waals surface area (Å²) in [5.74, 6) is 0.0101. The molecule has 0 radical (unpaired) electrons. The normalized spacial score (nSPS) is 12.0. The van der Waals surface area contributed by atoms with E-state index >= 15 is 0 Å². The summed E-state index contributed by atoms with van der Waals surface area (Å²) in [6, 6.07) is 16.0. The Hall–Kier alpha value is -2.28. The highest BCUT2D eigenvalue weighted by Gasteiger charge is 2.30. The summed E-state index contributed by atoms with van der Waals surface area (Å²) in [5.41, 5.74) is 0.696. The Morgan fingerprint density at radius 1 is 1.09 bits per heavy atom. The predicted octanol–water partition coefficient (Wildman–Crippen LogP) is 6.62. The molecule has 2 amide bonds. The van der Waals surface area contributed by atoms with Crippen LogP contribution in [0.15, 0.2) is 59.1 Å². The molecular formula is C26H27BrCl2N2O3. The molecule has 3 aromatic rings. The third-order valence-corrected chi connectivity index (χ3v) is 6.76. The van der Waals surface area contributed by atoms with Crippen LogP contribution in [-0.2, 0) is 16.1 Å². The summed E-state index contributed by atoms with van der Waals surface area (Å²) in [4.78, 5) is 27.8. The van der Waals surface area contributed by atoms with Gasteiger partial charge in [-0.2, -0.15) is 0 Å². The molecule has 0 fully saturated rings. The maximum Gasteiger partial charge on any atom is 0.261 e. The Morgan fingerprint density at radius 3 is 2.50 bits per heavy atom. The summed E-state index contributed by atoms with van der Waals surface area (Å²) >= 11 is 16.0. The number of benzene rings is 3. The van der Waals surface area contributed by atoms with Crippen molar-refractivity contribution in [2.45, 2.75) is 45.8 Å². The monoisotopic (exact) mass is 564 g/mol. The molecule has 5 nitrogen and oxygen atoms in total. The van der Waals surface area contributed by atoms with Crippen LogP contribution < -0.4 is 10.1 Å². The number of carbonyl (C=O) groups excluding carboxylic acids is 2. The van der Waals surface area contributed by atoms with Crippen LogP contribution in [0.1, 0.15) is 32.8 Å². The van der Waals surface area contributed by atoms with Crippen molar-refractivity contribution >= 4 is 61.7 Å². The van der Waals surface area contributed by atoms with Crippen molar-refractivity contribution in [2.24, 2.45) is 0 Å². The lowest BCUT2D eigenvalue weighted by Gasteiger charge is -2.31. The van der Waals surface area contributed by atoms with Gasteiger partial charge in [0.15, 0.2) is 6.61 Å². The molecule has 0 unspecified atom stereocenters. The first kappa shape index (κ1) is 26.3. The van der Waals surface area contributed by atoms with Gasteiger partial charge in [-0.1, -0.05) is 66.5 Å². The van der Waals surface area contributed by atoms with Crippen LogP contribution in [0.5, 0.6) is 5.75 Å². The summed E-state index contributed by atoms with van der Waals surface area (Å²) in [5, 5.41) is 5.88. The van der Waals surface area contributed by atoms with E-state index in [0.29, 0.717) is 27.8 Å². The van der Waals surface area contributed by atoms with Crippen LogP contribution in [0, 0.1) is 0 Å². The van der Waals surface area contributed by atoms with Gasteiger partial charge in [-0.25, -0.2) is 0 Å². The minimum atomic E-state index is -0.676. The number of amides is 2. The Bertz CT molecular complexity index is 1190. The number of hydrogen-bond donors (Lipinski definition) is 1. The topological polar surface area (TPSA) is 58.6 Å². The number of fused-ring (bicyclic) bond motifs is 1. The van der Waals surface area contributed by atoms with E-state index in [1.807, 2.05) is 57.2 Å². The fourth-order valence-corrected chi connectivity index (χ4v) is 4.76. The molecule has 8 heteroatoms. The SMILES string of the molecule is CC[C@H](C(=O)NC(C)C)N(Cc1ccc(Cl)cc1Cl)C(=O)COc1ccc2ccccc2c1Br. The number of carbonyl (C=O) groups is 2. The van der Waals surface area contributed by atoms with Crippen LogP contribution in [0.2, 0.25) is 10.0 Å². The van der Waals surface area contributed by atoms with Gasteiger partial charge in [0.1, 0.15) is 11.8 Å². The molecule has 3 rings (SSSR count). The lowest BCUT2D eigenvalue weighted by atomic mass is 10.1. The van der Waals surface area contributed by atoms with Crippen molar-refractivity contribution in [3.63, 3.8) is 0 Å². The first-order valence-electron chi connectivity index (χ1n) is 11.0. The molecule has 1 atom stereocenters. The number of rotatable bonds is 9. The molecule has 0 aromatic heterocycles. The summed E-state index contributed by atoms with van der Waals surface area (Å²) in [7, 11) is 0. The molecule has 3 aromatic carbocycles. The van der Waals surface area contributed by atoms with Crippen molar-refractivity contribution in [2.75, 3.05) is 6.61 Å². The zero-order chi connectivity index (χ0) is 24.8. The molecule has 0 aliphatic rings. The molecule has 0 saturated heterocycles. The van der Waals surface area contributed by atoms with Gasteiger partial charge in [-0.05, 0) is 70.7 Å². The third kappa shape index (κ3) is 6.44. The van der Waals surface area contributed by atoms with Gasteiger partial charge < -0.3 is 15.0 Å². The lowest BCUT2D eigenvalue weighted by Crippen LogP contribution is -2.51. The zero-order valence-electron chi connectivity index (χ0n) is 19.3. The van der Waals surface area contributed by atoms with Gasteiger partial charge in [0.25, 0.3) is 5.91 Å². The quantitative estimate of drug-likeness (QED) is 0.317. The Kier molecular flexibility index (Phi) is 9.23. The molecular weight excluding hydrogens is 539 g/mol. The van der Waals surface area contributed by atoms with E-state index in [0.717, 1.165) is 15.2 Å². The van der Waals surface area contributed by atoms with Crippen LogP contribution in [0.4, 0.5) is 0 Å². The third-order valence-electron chi connectivity index (χ3n) is 5.35. The molecule has 34 heavy (non-hydrogen) atoms. The predicted molar refractivity (Wildman–Crippen MR) is 142 cm³/mol. The molecule has 0 spiro atoms. The van der Waals surface area contributed by atoms with Gasteiger partial charge in [0, 0.05) is 22.6 Å². The van der Waals surface area contributed by atoms with Crippen molar-refractivity contribution < 1.29 is 14.3 Å². The second-order valence-electron chi connectivity index (χ2n) is 8.23. The average molecular weight is 566 g/mol. The number of halogens is 3. The maximum absolute atomic E-state index is 13.4. The summed E-state index contributed by atoms with van der Waals surface area (Å²) < 4.78 is 6.68. The van der Waals surface area contributed by atoms with E-state index in [2.05, 4.69) is 21.2 Å². The number of nitrogens with one attached hydrogen (secondary N) is 1. The largest absolute Gasteiger partial charge is 0.483 e. The molecule has 0 heterocycles. The van der Waals surface area contributed by atoms with Gasteiger partial charge in [-0.3, -0.25) is 9.59 Å². The highest BCUT2D eigenvalue weighted by atomic mass is 79.9. The van der Waals surface area contributed by atoms with Gasteiger partial charge in [0.2, 0.25) is 5.91 Å². The first-order chi connectivity index (χ1) is 16.2. The number of ether oxygens (including phenoxy) is 1. The molecule has 0 bridgehead atoms.